The van der Waals surface area contributed by atoms with Gasteiger partial charge in [-0.25, -0.2) is 4.79 Å². The zero-order chi connectivity index (χ0) is 18.2. The quantitative estimate of drug-likeness (QED) is 0.734. The van der Waals surface area contributed by atoms with E-state index in [2.05, 4.69) is 16.7 Å². The van der Waals surface area contributed by atoms with E-state index in [9.17, 15) is 4.79 Å². The van der Waals surface area contributed by atoms with E-state index in [0.29, 0.717) is 31.2 Å². The highest BCUT2D eigenvalue weighted by Gasteiger charge is 2.13. The highest BCUT2D eigenvalue weighted by molar-refractivity contribution is 5.90. The molecule has 2 N–H and O–H groups in total. The molecule has 0 fully saturated rings. The second-order valence-corrected chi connectivity index (χ2v) is 6.26. The first-order valence-electron chi connectivity index (χ1n) is 9.28. The van der Waals surface area contributed by atoms with Crippen LogP contribution in [0.3, 0.4) is 0 Å². The molecule has 0 aliphatic heterocycles. The molecule has 0 unspecified atom stereocenters. The highest BCUT2D eigenvalue weighted by atomic mass is 16.5. The van der Waals surface area contributed by atoms with E-state index in [1.165, 1.54) is 24.0 Å². The summed E-state index contributed by atoms with van der Waals surface area (Å²) in [5.41, 5.74) is 3.38. The highest BCUT2D eigenvalue weighted by Crippen LogP contribution is 2.29. The van der Waals surface area contributed by atoms with Crippen molar-refractivity contribution in [1.29, 1.82) is 0 Å². The Morgan fingerprint density at radius 2 is 1.81 bits per heavy atom. The number of rotatable bonds is 7. The molecule has 0 saturated heterocycles. The molecule has 3 rings (SSSR count). The van der Waals surface area contributed by atoms with E-state index < -0.39 is 0 Å². The number of carbonyl (C=O) groups excluding carboxylic acids is 1. The minimum Gasteiger partial charge on any atom is -0.492 e. The lowest BCUT2D eigenvalue weighted by atomic mass is 9.91. The van der Waals surface area contributed by atoms with Crippen molar-refractivity contribution in [2.45, 2.75) is 32.6 Å². The fraction of sp³-hybridized carbons (Fsp3) is 0.381. The molecule has 0 atom stereocenters. The predicted molar refractivity (Wildman–Crippen MR) is 103 cm³/mol. The van der Waals surface area contributed by atoms with Crippen molar-refractivity contribution in [2.24, 2.45) is 0 Å². The first kappa shape index (κ1) is 18.1. The molecule has 5 heteroatoms. The van der Waals surface area contributed by atoms with Crippen LogP contribution in [0.15, 0.2) is 42.5 Å². The summed E-state index contributed by atoms with van der Waals surface area (Å²) in [6.45, 7) is 3.34. The molecule has 0 heterocycles. The number of amides is 2. The third-order valence-electron chi connectivity index (χ3n) is 4.43. The number of para-hydroxylation sites is 2. The Labute approximate surface area is 154 Å². The molecule has 2 aromatic rings. The average molecular weight is 354 g/mol. The molecule has 2 aromatic carbocycles. The van der Waals surface area contributed by atoms with Gasteiger partial charge < -0.3 is 20.1 Å². The largest absolute Gasteiger partial charge is 0.492 e. The van der Waals surface area contributed by atoms with Crippen LogP contribution in [0.4, 0.5) is 10.5 Å². The minimum absolute atomic E-state index is 0.268. The van der Waals surface area contributed by atoms with Gasteiger partial charge in [0.25, 0.3) is 0 Å². The summed E-state index contributed by atoms with van der Waals surface area (Å²) in [5, 5.41) is 5.63. The van der Waals surface area contributed by atoms with E-state index in [0.717, 1.165) is 18.6 Å². The van der Waals surface area contributed by atoms with Gasteiger partial charge in [-0.1, -0.05) is 24.3 Å². The summed E-state index contributed by atoms with van der Waals surface area (Å²) in [6.07, 6.45) is 4.68. The van der Waals surface area contributed by atoms with Crippen molar-refractivity contribution in [2.75, 3.05) is 25.1 Å². The van der Waals surface area contributed by atoms with E-state index in [1.54, 1.807) is 0 Å². The van der Waals surface area contributed by atoms with Gasteiger partial charge in [0.05, 0.1) is 18.8 Å². The number of urea groups is 1. The number of hydrogen-bond donors (Lipinski definition) is 2. The van der Waals surface area contributed by atoms with Crippen LogP contribution in [0.5, 0.6) is 11.5 Å². The maximum absolute atomic E-state index is 12.1. The Kier molecular flexibility index (Phi) is 6.36. The summed E-state index contributed by atoms with van der Waals surface area (Å²) in [6, 6.07) is 13.4. The SMILES string of the molecule is CCOc1ccccc1NC(=O)NCCOc1cccc2c1CCCC2. The van der Waals surface area contributed by atoms with Crippen LogP contribution in [0, 0.1) is 0 Å². The average Bonchev–Trinajstić information content (AvgIpc) is 2.67. The number of fused-ring (bicyclic) bond motifs is 1. The smallest absolute Gasteiger partial charge is 0.319 e. The standard InChI is InChI=1S/C21H26N2O3/c1-2-25-20-12-6-5-11-18(20)23-21(24)22-14-15-26-19-13-7-9-16-8-3-4-10-17(16)19/h5-7,9,11-13H,2-4,8,10,14-15H2,1H3,(H2,22,23,24). The second-order valence-electron chi connectivity index (χ2n) is 6.26. The number of nitrogens with one attached hydrogen (secondary N) is 2. The first-order chi connectivity index (χ1) is 12.8. The Bertz CT molecular complexity index is 746. The van der Waals surface area contributed by atoms with Crippen LogP contribution in [-0.4, -0.2) is 25.8 Å². The Morgan fingerprint density at radius 3 is 2.69 bits per heavy atom. The lowest BCUT2D eigenvalue weighted by Gasteiger charge is -2.19. The lowest BCUT2D eigenvalue weighted by Crippen LogP contribution is -2.32. The monoisotopic (exact) mass is 354 g/mol. The predicted octanol–water partition coefficient (Wildman–Crippen LogP) is 4.16. The van der Waals surface area contributed by atoms with E-state index in [4.69, 9.17) is 9.47 Å². The Morgan fingerprint density at radius 1 is 1.00 bits per heavy atom. The molecule has 26 heavy (non-hydrogen) atoms. The van der Waals surface area contributed by atoms with Crippen LogP contribution < -0.4 is 20.1 Å². The lowest BCUT2D eigenvalue weighted by molar-refractivity contribution is 0.247. The van der Waals surface area contributed by atoms with Crippen molar-refractivity contribution in [3.63, 3.8) is 0 Å². The van der Waals surface area contributed by atoms with E-state index >= 15 is 0 Å². The summed E-state index contributed by atoms with van der Waals surface area (Å²) in [7, 11) is 0. The molecule has 5 nitrogen and oxygen atoms in total. The van der Waals surface area contributed by atoms with Crippen LogP contribution in [-0.2, 0) is 12.8 Å². The van der Waals surface area contributed by atoms with Crippen LogP contribution >= 0.6 is 0 Å². The number of hydrogen-bond acceptors (Lipinski definition) is 3. The molecule has 1 aliphatic carbocycles. The van der Waals surface area contributed by atoms with E-state index in [-0.39, 0.29) is 6.03 Å². The number of carbonyl (C=O) groups is 1. The maximum atomic E-state index is 12.1. The normalized spacial score (nSPS) is 12.8. The number of benzene rings is 2. The van der Waals surface area contributed by atoms with Gasteiger partial charge in [0.2, 0.25) is 0 Å². The molecular weight excluding hydrogens is 328 g/mol. The fourth-order valence-corrected chi connectivity index (χ4v) is 3.22. The second kappa shape index (κ2) is 9.13. The van der Waals surface area contributed by atoms with Crippen LogP contribution in [0.25, 0.3) is 0 Å². The van der Waals surface area contributed by atoms with Crippen molar-refractivity contribution in [1.82, 2.24) is 5.32 Å². The van der Waals surface area contributed by atoms with Crippen molar-refractivity contribution in [3.8, 4) is 11.5 Å². The molecule has 2 amide bonds. The number of anilines is 1. The Hall–Kier alpha value is -2.69. The van der Waals surface area contributed by atoms with Crippen molar-refractivity contribution in [3.05, 3.63) is 53.6 Å². The van der Waals surface area contributed by atoms with Crippen molar-refractivity contribution >= 4 is 11.7 Å². The molecular formula is C21H26N2O3. The summed E-state index contributed by atoms with van der Waals surface area (Å²) < 4.78 is 11.4. The molecule has 1 aliphatic rings. The third kappa shape index (κ3) is 4.69. The van der Waals surface area contributed by atoms with Gasteiger partial charge in [-0.2, -0.15) is 0 Å². The zero-order valence-corrected chi connectivity index (χ0v) is 15.2. The fourth-order valence-electron chi connectivity index (χ4n) is 3.22. The molecule has 0 bridgehead atoms. The molecule has 0 saturated carbocycles. The van der Waals surface area contributed by atoms with Crippen LogP contribution in [0.2, 0.25) is 0 Å². The molecule has 0 radical (unpaired) electrons. The van der Waals surface area contributed by atoms with Gasteiger partial charge in [0, 0.05) is 0 Å². The molecule has 0 aromatic heterocycles. The summed E-state index contributed by atoms with van der Waals surface area (Å²) in [5.74, 6) is 1.61. The van der Waals surface area contributed by atoms with Gasteiger partial charge >= 0.3 is 6.03 Å². The van der Waals surface area contributed by atoms with Crippen molar-refractivity contribution < 1.29 is 14.3 Å². The maximum Gasteiger partial charge on any atom is 0.319 e. The zero-order valence-electron chi connectivity index (χ0n) is 15.2. The topological polar surface area (TPSA) is 59.6 Å². The minimum atomic E-state index is -0.268. The molecule has 138 valence electrons. The van der Waals surface area contributed by atoms with E-state index in [1.807, 2.05) is 43.3 Å². The number of aryl methyl sites for hydroxylation is 1. The number of ether oxygens (including phenoxy) is 2. The van der Waals surface area contributed by atoms with Gasteiger partial charge in [-0.05, 0) is 61.9 Å². The summed E-state index contributed by atoms with van der Waals surface area (Å²) >= 11 is 0. The van der Waals surface area contributed by atoms with Crippen LogP contribution in [0.1, 0.15) is 30.9 Å². The first-order valence-corrected chi connectivity index (χ1v) is 9.28. The van der Waals surface area contributed by atoms with Gasteiger partial charge in [0.1, 0.15) is 18.1 Å². The third-order valence-corrected chi connectivity index (χ3v) is 4.43. The summed E-state index contributed by atoms with van der Waals surface area (Å²) in [4.78, 5) is 12.1. The van der Waals surface area contributed by atoms with Gasteiger partial charge in [-0.15, -0.1) is 0 Å². The Balaban J connectivity index is 1.46. The van der Waals surface area contributed by atoms with Gasteiger partial charge in [0.15, 0.2) is 0 Å². The molecule has 0 spiro atoms. The van der Waals surface area contributed by atoms with Gasteiger partial charge in [-0.3, -0.25) is 0 Å².